The Morgan fingerprint density at radius 2 is 1.96 bits per heavy atom. The van der Waals surface area contributed by atoms with Gasteiger partial charge in [0.15, 0.2) is 0 Å². The smallest absolute Gasteiger partial charge is 0.271 e. The highest BCUT2D eigenvalue weighted by molar-refractivity contribution is 5.92. The van der Waals surface area contributed by atoms with E-state index in [-0.39, 0.29) is 11.5 Å². The number of hydrogen-bond donors (Lipinski definition) is 1. The van der Waals surface area contributed by atoms with Crippen LogP contribution in [0.25, 0.3) is 5.69 Å². The largest absolute Gasteiger partial charge is 0.337 e. The molecule has 1 amide bonds. The molecule has 140 valence electrons. The fourth-order valence-corrected chi connectivity index (χ4v) is 3.73. The average Bonchev–Trinajstić information content (AvgIpc) is 3.34. The van der Waals surface area contributed by atoms with E-state index in [2.05, 4.69) is 21.6 Å². The van der Waals surface area contributed by atoms with Crippen LogP contribution in [0.15, 0.2) is 53.6 Å². The Labute approximate surface area is 157 Å². The number of hydrogen-bond acceptors (Lipinski definition) is 3. The molecule has 0 radical (unpaired) electrons. The van der Waals surface area contributed by atoms with Crippen molar-refractivity contribution in [2.24, 2.45) is 0 Å². The monoisotopic (exact) mass is 365 g/mol. The Morgan fingerprint density at radius 1 is 1.22 bits per heavy atom. The number of benzene rings is 1. The zero-order valence-corrected chi connectivity index (χ0v) is 15.3. The summed E-state index contributed by atoms with van der Waals surface area (Å²) in [5.41, 5.74) is 0.813. The van der Waals surface area contributed by atoms with Gasteiger partial charge in [0, 0.05) is 44.0 Å². The minimum Gasteiger partial charge on any atom is -0.337 e. The first-order valence-electron chi connectivity index (χ1n) is 9.35. The van der Waals surface area contributed by atoms with Crippen molar-refractivity contribution in [2.75, 3.05) is 13.1 Å². The van der Waals surface area contributed by atoms with Gasteiger partial charge in [-0.25, -0.2) is 9.67 Å². The molecule has 0 unspecified atom stereocenters. The third kappa shape index (κ3) is 3.32. The molecule has 1 aliphatic rings. The third-order valence-corrected chi connectivity index (χ3v) is 5.20. The number of likely N-dealkylation sites (tertiary alicyclic amines) is 1. The van der Waals surface area contributed by atoms with Crippen LogP contribution in [0.3, 0.4) is 0 Å². The number of amides is 1. The van der Waals surface area contributed by atoms with Gasteiger partial charge in [0.2, 0.25) is 0 Å². The second-order valence-corrected chi connectivity index (χ2v) is 6.82. The van der Waals surface area contributed by atoms with Gasteiger partial charge in [-0.05, 0) is 31.9 Å². The predicted octanol–water partition coefficient (Wildman–Crippen LogP) is 2.40. The van der Waals surface area contributed by atoms with Crippen molar-refractivity contribution < 1.29 is 4.79 Å². The number of imidazole rings is 1. The molecular weight excluding hydrogens is 342 g/mol. The lowest BCUT2D eigenvalue weighted by atomic mass is 9.95. The standard InChI is InChI=1S/C20H23N5O2/c1-2-23-13-10-21-19(23)15-8-11-24(12-9-15)20(27)17-14-18(26)25(22-17)16-6-4-3-5-7-16/h3-7,10,13-15,22H,2,8-9,11-12H2,1H3. The first kappa shape index (κ1) is 17.3. The lowest BCUT2D eigenvalue weighted by Gasteiger charge is -2.31. The number of para-hydroxylation sites is 1. The summed E-state index contributed by atoms with van der Waals surface area (Å²) >= 11 is 0. The van der Waals surface area contributed by atoms with Crippen molar-refractivity contribution in [3.05, 3.63) is 70.7 Å². The van der Waals surface area contributed by atoms with Gasteiger partial charge in [0.05, 0.1) is 5.69 Å². The number of rotatable bonds is 4. The first-order valence-corrected chi connectivity index (χ1v) is 9.35. The van der Waals surface area contributed by atoms with E-state index in [0.29, 0.717) is 30.4 Å². The van der Waals surface area contributed by atoms with Crippen molar-refractivity contribution in [3.8, 4) is 5.69 Å². The quantitative estimate of drug-likeness (QED) is 0.771. The van der Waals surface area contributed by atoms with E-state index in [1.54, 1.807) is 0 Å². The molecule has 0 aliphatic carbocycles. The van der Waals surface area contributed by atoms with E-state index in [4.69, 9.17) is 0 Å². The summed E-state index contributed by atoms with van der Waals surface area (Å²) in [6, 6.07) is 10.6. The lowest BCUT2D eigenvalue weighted by molar-refractivity contribution is 0.0704. The number of aromatic amines is 1. The number of piperidine rings is 1. The summed E-state index contributed by atoms with van der Waals surface area (Å²) in [5, 5.41) is 2.95. The maximum absolute atomic E-state index is 12.8. The highest BCUT2D eigenvalue weighted by Crippen LogP contribution is 2.27. The maximum Gasteiger partial charge on any atom is 0.271 e. The number of carbonyl (C=O) groups excluding carboxylic acids is 1. The van der Waals surface area contributed by atoms with Gasteiger partial charge in [-0.15, -0.1) is 0 Å². The molecule has 1 saturated heterocycles. The molecule has 1 aromatic carbocycles. The van der Waals surface area contributed by atoms with Crippen LogP contribution in [-0.4, -0.2) is 43.2 Å². The molecule has 0 bridgehead atoms. The number of aryl methyl sites for hydroxylation is 1. The normalized spacial score (nSPS) is 15.2. The van der Waals surface area contributed by atoms with Crippen LogP contribution in [0, 0.1) is 0 Å². The predicted molar refractivity (Wildman–Crippen MR) is 102 cm³/mol. The molecule has 1 aliphatic heterocycles. The van der Waals surface area contributed by atoms with Gasteiger partial charge >= 0.3 is 0 Å². The van der Waals surface area contributed by atoms with Crippen molar-refractivity contribution in [1.29, 1.82) is 0 Å². The summed E-state index contributed by atoms with van der Waals surface area (Å²) in [6.07, 6.45) is 5.61. The minimum atomic E-state index is -0.232. The first-order chi connectivity index (χ1) is 13.2. The highest BCUT2D eigenvalue weighted by atomic mass is 16.2. The Bertz CT molecular complexity index is 977. The Morgan fingerprint density at radius 3 is 2.67 bits per heavy atom. The zero-order valence-electron chi connectivity index (χ0n) is 15.3. The SMILES string of the molecule is CCn1ccnc1C1CCN(C(=O)c2cc(=O)n(-c3ccccc3)[nH]2)CC1. The zero-order chi connectivity index (χ0) is 18.8. The molecule has 1 fully saturated rings. The topological polar surface area (TPSA) is 75.9 Å². The van der Waals surface area contributed by atoms with Gasteiger partial charge in [0.1, 0.15) is 11.5 Å². The fourth-order valence-electron chi connectivity index (χ4n) is 3.73. The minimum absolute atomic E-state index is 0.126. The van der Waals surface area contributed by atoms with Gasteiger partial charge < -0.3 is 9.47 Å². The van der Waals surface area contributed by atoms with Crippen LogP contribution in [0.4, 0.5) is 0 Å². The van der Waals surface area contributed by atoms with E-state index in [9.17, 15) is 9.59 Å². The van der Waals surface area contributed by atoms with E-state index in [1.807, 2.05) is 47.6 Å². The van der Waals surface area contributed by atoms with E-state index in [1.165, 1.54) is 10.7 Å². The summed E-state index contributed by atoms with van der Waals surface area (Å²) in [6.45, 7) is 4.34. The van der Waals surface area contributed by atoms with Crippen molar-refractivity contribution >= 4 is 5.91 Å². The maximum atomic E-state index is 12.8. The number of nitrogens with one attached hydrogen (secondary N) is 1. The number of nitrogens with zero attached hydrogens (tertiary/aromatic N) is 4. The molecule has 4 rings (SSSR count). The molecular formula is C20H23N5O2. The molecule has 1 N–H and O–H groups in total. The molecule has 7 nitrogen and oxygen atoms in total. The molecule has 27 heavy (non-hydrogen) atoms. The van der Waals surface area contributed by atoms with Crippen LogP contribution >= 0.6 is 0 Å². The van der Waals surface area contributed by atoms with Crippen LogP contribution in [0.2, 0.25) is 0 Å². The number of aromatic nitrogens is 4. The van der Waals surface area contributed by atoms with Crippen molar-refractivity contribution in [2.45, 2.75) is 32.2 Å². The highest BCUT2D eigenvalue weighted by Gasteiger charge is 2.27. The van der Waals surface area contributed by atoms with Crippen LogP contribution in [0.1, 0.15) is 42.0 Å². The molecule has 7 heteroatoms. The second kappa shape index (κ2) is 7.26. The summed E-state index contributed by atoms with van der Waals surface area (Å²) in [5.74, 6) is 1.35. The lowest BCUT2D eigenvalue weighted by Crippen LogP contribution is -2.38. The van der Waals surface area contributed by atoms with Gasteiger partial charge in [0.25, 0.3) is 11.5 Å². The molecule has 0 spiro atoms. The van der Waals surface area contributed by atoms with E-state index in [0.717, 1.165) is 25.2 Å². The third-order valence-electron chi connectivity index (χ3n) is 5.20. The second-order valence-electron chi connectivity index (χ2n) is 6.82. The fraction of sp³-hybridized carbons (Fsp3) is 0.350. The Kier molecular flexibility index (Phi) is 4.66. The molecule has 3 heterocycles. The van der Waals surface area contributed by atoms with E-state index < -0.39 is 0 Å². The summed E-state index contributed by atoms with van der Waals surface area (Å²) in [4.78, 5) is 31.4. The molecule has 2 aromatic heterocycles. The Balaban J connectivity index is 1.46. The van der Waals surface area contributed by atoms with E-state index >= 15 is 0 Å². The van der Waals surface area contributed by atoms with Gasteiger partial charge in [-0.3, -0.25) is 14.7 Å². The average molecular weight is 365 g/mol. The summed E-state index contributed by atoms with van der Waals surface area (Å²) in [7, 11) is 0. The van der Waals surface area contributed by atoms with Crippen LogP contribution < -0.4 is 5.56 Å². The molecule has 0 atom stereocenters. The van der Waals surface area contributed by atoms with Gasteiger partial charge in [-0.1, -0.05) is 18.2 Å². The van der Waals surface area contributed by atoms with Crippen molar-refractivity contribution in [1.82, 2.24) is 24.2 Å². The van der Waals surface area contributed by atoms with Crippen LogP contribution in [-0.2, 0) is 6.54 Å². The molecule has 0 saturated carbocycles. The number of carbonyl (C=O) groups is 1. The van der Waals surface area contributed by atoms with Crippen molar-refractivity contribution in [3.63, 3.8) is 0 Å². The Hall–Kier alpha value is -3.09. The molecule has 3 aromatic rings. The number of H-pyrrole nitrogens is 1. The van der Waals surface area contributed by atoms with Gasteiger partial charge in [-0.2, -0.15) is 0 Å². The summed E-state index contributed by atoms with van der Waals surface area (Å²) < 4.78 is 3.57. The van der Waals surface area contributed by atoms with Crippen LogP contribution in [0.5, 0.6) is 0 Å².